The highest BCUT2D eigenvalue weighted by Crippen LogP contribution is 2.38. The van der Waals surface area contributed by atoms with Crippen molar-refractivity contribution in [3.63, 3.8) is 0 Å². The van der Waals surface area contributed by atoms with Crippen LogP contribution < -0.4 is 16.0 Å². The zero-order valence-corrected chi connectivity index (χ0v) is 14.7. The van der Waals surface area contributed by atoms with Crippen molar-refractivity contribution in [2.75, 3.05) is 22.5 Å². The summed E-state index contributed by atoms with van der Waals surface area (Å²) in [4.78, 5) is 10.8. The van der Waals surface area contributed by atoms with Crippen molar-refractivity contribution >= 4 is 51.9 Å². The molecule has 1 aromatic heterocycles. The Kier molecular flexibility index (Phi) is 4.11. The molecule has 0 radical (unpaired) electrons. The number of nitrogens with zero attached hydrogens (tertiary/aromatic N) is 3. The fourth-order valence-corrected chi connectivity index (χ4v) is 3.43. The SMILES string of the molecule is Nc1c(Nc2ccc(Cl)cc2Cl)ncnc1N1CCc2ccccc21. The first-order valence-corrected chi connectivity index (χ1v) is 8.57. The number of hydrogen-bond donors (Lipinski definition) is 2. The number of fused-ring (bicyclic) bond motifs is 1. The van der Waals surface area contributed by atoms with E-state index in [1.807, 2.05) is 12.1 Å². The highest BCUT2D eigenvalue weighted by molar-refractivity contribution is 6.36. The second-order valence-electron chi connectivity index (χ2n) is 5.74. The van der Waals surface area contributed by atoms with Gasteiger partial charge in [0.2, 0.25) is 0 Å². The Morgan fingerprint density at radius 1 is 1.08 bits per heavy atom. The van der Waals surface area contributed by atoms with Gasteiger partial charge in [-0.2, -0.15) is 0 Å². The minimum Gasteiger partial charge on any atom is -0.393 e. The van der Waals surface area contributed by atoms with E-state index in [2.05, 4.69) is 32.3 Å². The molecular weight excluding hydrogens is 357 g/mol. The minimum atomic E-state index is 0.477. The van der Waals surface area contributed by atoms with Crippen molar-refractivity contribution < 1.29 is 0 Å². The van der Waals surface area contributed by atoms with Crippen LogP contribution in [0.15, 0.2) is 48.8 Å². The van der Waals surface area contributed by atoms with Crippen LogP contribution in [-0.4, -0.2) is 16.5 Å². The number of para-hydroxylation sites is 1. The summed E-state index contributed by atoms with van der Waals surface area (Å²) in [7, 11) is 0. The number of aromatic nitrogens is 2. The minimum absolute atomic E-state index is 0.477. The van der Waals surface area contributed by atoms with Crippen molar-refractivity contribution in [2.24, 2.45) is 0 Å². The number of rotatable bonds is 3. The van der Waals surface area contributed by atoms with Crippen LogP contribution in [0.25, 0.3) is 0 Å². The molecule has 0 bridgehead atoms. The lowest BCUT2D eigenvalue weighted by atomic mass is 10.2. The van der Waals surface area contributed by atoms with E-state index in [4.69, 9.17) is 28.9 Å². The molecule has 4 rings (SSSR count). The molecule has 0 atom stereocenters. The van der Waals surface area contributed by atoms with Gasteiger partial charge < -0.3 is 16.0 Å². The summed E-state index contributed by atoms with van der Waals surface area (Å²) in [6, 6.07) is 13.5. The lowest BCUT2D eigenvalue weighted by molar-refractivity contribution is 0.967. The highest BCUT2D eigenvalue weighted by Gasteiger charge is 2.24. The Bertz CT molecular complexity index is 944. The molecule has 0 aliphatic carbocycles. The van der Waals surface area contributed by atoms with Crippen LogP contribution in [0, 0.1) is 0 Å². The van der Waals surface area contributed by atoms with E-state index in [-0.39, 0.29) is 0 Å². The Balaban J connectivity index is 1.70. The largest absolute Gasteiger partial charge is 0.393 e. The normalized spacial score (nSPS) is 13.0. The molecule has 7 heteroatoms. The maximum absolute atomic E-state index is 6.35. The molecule has 0 fully saturated rings. The molecule has 1 aliphatic heterocycles. The average molecular weight is 372 g/mol. The maximum atomic E-state index is 6.35. The Morgan fingerprint density at radius 3 is 2.76 bits per heavy atom. The fraction of sp³-hybridized carbons (Fsp3) is 0.111. The third kappa shape index (κ3) is 2.97. The van der Waals surface area contributed by atoms with E-state index in [9.17, 15) is 0 Å². The summed E-state index contributed by atoms with van der Waals surface area (Å²) in [5.74, 6) is 1.20. The Labute approximate surface area is 155 Å². The van der Waals surface area contributed by atoms with Gasteiger partial charge in [-0.15, -0.1) is 0 Å². The summed E-state index contributed by atoms with van der Waals surface area (Å²) in [5, 5.41) is 4.23. The number of halogens is 2. The van der Waals surface area contributed by atoms with Crippen LogP contribution in [0.2, 0.25) is 10.0 Å². The van der Waals surface area contributed by atoms with Gasteiger partial charge >= 0.3 is 0 Å². The molecule has 0 spiro atoms. The summed E-state index contributed by atoms with van der Waals surface area (Å²) in [6.45, 7) is 0.835. The Morgan fingerprint density at radius 2 is 1.92 bits per heavy atom. The third-order valence-corrected chi connectivity index (χ3v) is 4.74. The lowest BCUT2D eigenvalue weighted by Gasteiger charge is -2.21. The second-order valence-corrected chi connectivity index (χ2v) is 6.58. The van der Waals surface area contributed by atoms with Crippen molar-refractivity contribution in [1.29, 1.82) is 0 Å². The molecule has 2 aromatic carbocycles. The van der Waals surface area contributed by atoms with E-state index >= 15 is 0 Å². The summed E-state index contributed by atoms with van der Waals surface area (Å²) in [6.07, 6.45) is 2.46. The third-order valence-electron chi connectivity index (χ3n) is 4.19. The summed E-state index contributed by atoms with van der Waals surface area (Å²) >= 11 is 12.2. The molecule has 0 unspecified atom stereocenters. The predicted molar refractivity (Wildman–Crippen MR) is 103 cm³/mol. The van der Waals surface area contributed by atoms with Crippen molar-refractivity contribution in [2.45, 2.75) is 6.42 Å². The molecule has 1 aliphatic rings. The maximum Gasteiger partial charge on any atom is 0.161 e. The van der Waals surface area contributed by atoms with Gasteiger partial charge in [-0.05, 0) is 36.2 Å². The first-order valence-electron chi connectivity index (χ1n) is 7.81. The Hall–Kier alpha value is -2.50. The quantitative estimate of drug-likeness (QED) is 0.691. The van der Waals surface area contributed by atoms with Gasteiger partial charge in [-0.1, -0.05) is 41.4 Å². The average Bonchev–Trinajstić information content (AvgIpc) is 3.03. The van der Waals surface area contributed by atoms with E-state index in [0.29, 0.717) is 33.1 Å². The molecule has 3 N–H and O–H groups in total. The number of anilines is 5. The van der Waals surface area contributed by atoms with Gasteiger partial charge in [-0.3, -0.25) is 0 Å². The molecule has 5 nitrogen and oxygen atoms in total. The van der Waals surface area contributed by atoms with Crippen LogP contribution in [-0.2, 0) is 6.42 Å². The van der Waals surface area contributed by atoms with E-state index in [1.54, 1.807) is 18.2 Å². The smallest absolute Gasteiger partial charge is 0.161 e. The number of hydrogen-bond acceptors (Lipinski definition) is 5. The topological polar surface area (TPSA) is 67.1 Å². The van der Waals surface area contributed by atoms with Crippen molar-refractivity contribution in [3.05, 3.63) is 64.4 Å². The van der Waals surface area contributed by atoms with Gasteiger partial charge in [0.25, 0.3) is 0 Å². The number of nitrogens with one attached hydrogen (secondary N) is 1. The molecule has 2 heterocycles. The van der Waals surface area contributed by atoms with Gasteiger partial charge in [0.05, 0.1) is 10.7 Å². The molecular formula is C18H15Cl2N5. The first kappa shape index (κ1) is 16.0. The number of nitrogens with two attached hydrogens (primary N) is 1. The van der Waals surface area contributed by atoms with Crippen LogP contribution in [0.4, 0.5) is 28.7 Å². The van der Waals surface area contributed by atoms with Gasteiger partial charge in [-0.25, -0.2) is 9.97 Å². The number of benzene rings is 2. The zero-order valence-electron chi connectivity index (χ0n) is 13.2. The standard InChI is InChI=1S/C18H15Cl2N5/c19-12-5-6-14(13(20)9-12)24-17-16(21)18(23-10-22-17)25-8-7-11-3-1-2-4-15(11)25/h1-6,9-10H,7-8,21H2,(H,22,23,24). The summed E-state index contributed by atoms with van der Waals surface area (Å²) in [5.41, 5.74) is 9.93. The van der Waals surface area contributed by atoms with E-state index in [0.717, 1.165) is 18.7 Å². The molecule has 126 valence electrons. The van der Waals surface area contributed by atoms with Crippen LogP contribution in [0.1, 0.15) is 5.56 Å². The fourth-order valence-electron chi connectivity index (χ4n) is 2.98. The van der Waals surface area contributed by atoms with Crippen LogP contribution in [0.3, 0.4) is 0 Å². The van der Waals surface area contributed by atoms with Crippen molar-refractivity contribution in [3.8, 4) is 0 Å². The lowest BCUT2D eigenvalue weighted by Crippen LogP contribution is -2.17. The van der Waals surface area contributed by atoms with Gasteiger partial charge in [0.1, 0.15) is 12.0 Å². The van der Waals surface area contributed by atoms with E-state index < -0.39 is 0 Å². The van der Waals surface area contributed by atoms with Gasteiger partial charge in [0.15, 0.2) is 11.6 Å². The monoisotopic (exact) mass is 371 g/mol. The first-order chi connectivity index (χ1) is 12.1. The van der Waals surface area contributed by atoms with Gasteiger partial charge in [0, 0.05) is 17.3 Å². The van der Waals surface area contributed by atoms with Crippen molar-refractivity contribution in [1.82, 2.24) is 9.97 Å². The highest BCUT2D eigenvalue weighted by atomic mass is 35.5. The molecule has 3 aromatic rings. The number of nitrogen functional groups attached to an aromatic ring is 1. The van der Waals surface area contributed by atoms with Crippen LogP contribution in [0.5, 0.6) is 0 Å². The predicted octanol–water partition coefficient (Wildman–Crippen LogP) is 4.80. The van der Waals surface area contributed by atoms with Crippen LogP contribution >= 0.6 is 23.2 Å². The summed E-state index contributed by atoms with van der Waals surface area (Å²) < 4.78 is 0. The zero-order chi connectivity index (χ0) is 17.4. The van der Waals surface area contributed by atoms with E-state index in [1.165, 1.54) is 11.9 Å². The molecule has 0 amide bonds. The molecule has 0 saturated carbocycles. The molecule has 25 heavy (non-hydrogen) atoms. The molecule has 0 saturated heterocycles. The second kappa shape index (κ2) is 6.43.